The highest BCUT2D eigenvalue weighted by atomic mass is 16.5. The van der Waals surface area contributed by atoms with Gasteiger partial charge in [-0.1, -0.05) is 45.4 Å². The lowest BCUT2D eigenvalue weighted by atomic mass is 9.57. The van der Waals surface area contributed by atoms with Gasteiger partial charge in [0.05, 0.1) is 6.10 Å². The Morgan fingerprint density at radius 3 is 2.57 bits per heavy atom. The number of carbonyl (C=O) groups excluding carboxylic acids is 1. The molecular formula is C21H30O2. The average Bonchev–Trinajstić information content (AvgIpc) is 2.79. The molecule has 2 nitrogen and oxygen atoms in total. The summed E-state index contributed by atoms with van der Waals surface area (Å²) >= 11 is 0. The molecule has 0 N–H and O–H groups in total. The largest absolute Gasteiger partial charge is 0.380 e. The first kappa shape index (κ1) is 16.7. The standard InChI is InChI=1S/C21H30O2/c1-14(2)16-8-9-20(3)10-11-21(4)17(19(16)20)7-6-15(13-22)12-18(21)23-5/h6-7,13-14,18H,8-12H2,1-5H3/t18-,20+,21+/m0/s1. The molecule has 3 atom stereocenters. The maximum Gasteiger partial charge on any atom is 0.146 e. The van der Waals surface area contributed by atoms with Gasteiger partial charge in [0.25, 0.3) is 0 Å². The summed E-state index contributed by atoms with van der Waals surface area (Å²) in [6.45, 7) is 9.42. The summed E-state index contributed by atoms with van der Waals surface area (Å²) in [6, 6.07) is 0. The molecule has 0 aromatic carbocycles. The highest BCUT2D eigenvalue weighted by Crippen LogP contribution is 2.62. The van der Waals surface area contributed by atoms with Gasteiger partial charge < -0.3 is 4.74 Å². The quantitative estimate of drug-likeness (QED) is 0.684. The second kappa shape index (κ2) is 5.73. The zero-order valence-electron chi connectivity index (χ0n) is 15.2. The lowest BCUT2D eigenvalue weighted by Gasteiger charge is -2.49. The highest BCUT2D eigenvalue weighted by Gasteiger charge is 2.51. The number of rotatable bonds is 3. The molecule has 0 aromatic heterocycles. The van der Waals surface area contributed by atoms with Crippen LogP contribution < -0.4 is 0 Å². The minimum Gasteiger partial charge on any atom is -0.380 e. The van der Waals surface area contributed by atoms with Gasteiger partial charge >= 0.3 is 0 Å². The number of hydrogen-bond acceptors (Lipinski definition) is 2. The summed E-state index contributed by atoms with van der Waals surface area (Å²) in [7, 11) is 1.79. The normalized spacial score (nSPS) is 37.0. The van der Waals surface area contributed by atoms with E-state index in [-0.39, 0.29) is 11.5 Å². The molecule has 0 aliphatic heterocycles. The van der Waals surface area contributed by atoms with E-state index < -0.39 is 0 Å². The Morgan fingerprint density at radius 2 is 1.96 bits per heavy atom. The van der Waals surface area contributed by atoms with E-state index in [2.05, 4.69) is 33.8 Å². The van der Waals surface area contributed by atoms with Crippen molar-refractivity contribution in [2.45, 2.75) is 65.9 Å². The lowest BCUT2D eigenvalue weighted by molar-refractivity contribution is -0.105. The molecule has 1 fully saturated rings. The number of fused-ring (bicyclic) bond motifs is 3. The average molecular weight is 314 g/mol. The SMILES string of the molecule is CO[C@H]1CC(C=O)=CC=C2C3=C(C(C)C)CC[C@]3(C)CC[C@]21C. The van der Waals surface area contributed by atoms with Gasteiger partial charge in [0.2, 0.25) is 0 Å². The molecule has 0 unspecified atom stereocenters. The Hall–Kier alpha value is -1.15. The van der Waals surface area contributed by atoms with Crippen molar-refractivity contribution in [3.05, 3.63) is 34.4 Å². The van der Waals surface area contributed by atoms with Gasteiger partial charge in [0.15, 0.2) is 0 Å². The van der Waals surface area contributed by atoms with Crippen LogP contribution in [0.4, 0.5) is 0 Å². The number of methoxy groups -OCH3 is 1. The van der Waals surface area contributed by atoms with Crippen LogP contribution >= 0.6 is 0 Å². The molecule has 126 valence electrons. The molecule has 0 aromatic rings. The van der Waals surface area contributed by atoms with Crippen LogP contribution in [-0.2, 0) is 9.53 Å². The second-order valence-electron chi connectivity index (χ2n) is 8.40. The fourth-order valence-electron chi connectivity index (χ4n) is 5.07. The Morgan fingerprint density at radius 1 is 1.22 bits per heavy atom. The molecule has 23 heavy (non-hydrogen) atoms. The molecule has 0 spiro atoms. The van der Waals surface area contributed by atoms with Crippen LogP contribution in [0.25, 0.3) is 0 Å². The molecule has 0 bridgehead atoms. The first-order valence-corrected chi connectivity index (χ1v) is 8.99. The van der Waals surface area contributed by atoms with Gasteiger partial charge in [-0.3, -0.25) is 4.79 Å². The third-order valence-corrected chi connectivity index (χ3v) is 6.68. The molecule has 0 heterocycles. The summed E-state index contributed by atoms with van der Waals surface area (Å²) < 4.78 is 5.89. The lowest BCUT2D eigenvalue weighted by Crippen LogP contribution is -2.42. The van der Waals surface area contributed by atoms with E-state index in [4.69, 9.17) is 4.74 Å². The van der Waals surface area contributed by atoms with Crippen LogP contribution in [0, 0.1) is 16.7 Å². The molecular weight excluding hydrogens is 284 g/mol. The summed E-state index contributed by atoms with van der Waals surface area (Å²) in [5.41, 5.74) is 5.83. The topological polar surface area (TPSA) is 26.3 Å². The number of aldehydes is 1. The van der Waals surface area contributed by atoms with Crippen LogP contribution in [0.15, 0.2) is 34.4 Å². The van der Waals surface area contributed by atoms with Crippen LogP contribution in [0.2, 0.25) is 0 Å². The van der Waals surface area contributed by atoms with Crippen LogP contribution in [0.1, 0.15) is 59.8 Å². The van der Waals surface area contributed by atoms with Crippen molar-refractivity contribution in [2.75, 3.05) is 7.11 Å². The third kappa shape index (κ3) is 2.46. The molecule has 3 rings (SSSR count). The highest BCUT2D eigenvalue weighted by molar-refractivity contribution is 5.74. The Balaban J connectivity index is 2.20. The van der Waals surface area contributed by atoms with Crippen molar-refractivity contribution in [1.29, 1.82) is 0 Å². The molecule has 0 saturated heterocycles. The van der Waals surface area contributed by atoms with Crippen molar-refractivity contribution in [1.82, 2.24) is 0 Å². The van der Waals surface area contributed by atoms with Crippen molar-refractivity contribution in [3.8, 4) is 0 Å². The molecule has 0 radical (unpaired) electrons. The van der Waals surface area contributed by atoms with E-state index >= 15 is 0 Å². The van der Waals surface area contributed by atoms with Gasteiger partial charge in [0, 0.05) is 18.9 Å². The van der Waals surface area contributed by atoms with Crippen LogP contribution in [0.3, 0.4) is 0 Å². The van der Waals surface area contributed by atoms with Gasteiger partial charge in [0.1, 0.15) is 6.29 Å². The van der Waals surface area contributed by atoms with E-state index in [1.807, 2.05) is 6.08 Å². The van der Waals surface area contributed by atoms with Crippen molar-refractivity contribution in [2.24, 2.45) is 16.7 Å². The second-order valence-corrected chi connectivity index (χ2v) is 8.40. The van der Waals surface area contributed by atoms with Crippen molar-refractivity contribution >= 4 is 6.29 Å². The zero-order valence-corrected chi connectivity index (χ0v) is 15.2. The third-order valence-electron chi connectivity index (χ3n) is 6.68. The van der Waals surface area contributed by atoms with Gasteiger partial charge in [-0.25, -0.2) is 0 Å². The van der Waals surface area contributed by atoms with E-state index in [1.54, 1.807) is 18.3 Å². The van der Waals surface area contributed by atoms with Gasteiger partial charge in [-0.05, 0) is 53.7 Å². The van der Waals surface area contributed by atoms with E-state index in [0.717, 1.165) is 24.7 Å². The maximum atomic E-state index is 11.4. The Kier molecular flexibility index (Phi) is 4.16. The van der Waals surface area contributed by atoms with E-state index in [9.17, 15) is 4.79 Å². The van der Waals surface area contributed by atoms with Crippen molar-refractivity contribution in [3.63, 3.8) is 0 Å². The minimum absolute atomic E-state index is 0.00926. The number of carbonyl (C=O) groups is 1. The Labute approximate surface area is 140 Å². The fourth-order valence-corrected chi connectivity index (χ4v) is 5.07. The summed E-state index contributed by atoms with van der Waals surface area (Å²) in [5, 5.41) is 0. The maximum absolute atomic E-state index is 11.4. The molecule has 2 heteroatoms. The first-order chi connectivity index (χ1) is 10.9. The fraction of sp³-hybridized carbons (Fsp3) is 0.667. The number of hydrogen-bond donors (Lipinski definition) is 0. The predicted molar refractivity (Wildman–Crippen MR) is 94.2 cm³/mol. The molecule has 3 aliphatic rings. The number of ether oxygens (including phenoxy) is 1. The molecule has 1 saturated carbocycles. The monoisotopic (exact) mass is 314 g/mol. The summed E-state index contributed by atoms with van der Waals surface area (Å²) in [5.74, 6) is 0.592. The molecule has 3 aliphatic carbocycles. The first-order valence-electron chi connectivity index (χ1n) is 8.99. The van der Waals surface area contributed by atoms with Gasteiger partial charge in [-0.15, -0.1) is 0 Å². The Bertz CT molecular complexity index is 607. The predicted octanol–water partition coefficient (Wildman–Crippen LogP) is 5.01. The van der Waals surface area contributed by atoms with Crippen LogP contribution in [-0.4, -0.2) is 19.5 Å². The summed E-state index contributed by atoms with van der Waals surface area (Å²) in [6.07, 6.45) is 10.9. The van der Waals surface area contributed by atoms with Gasteiger partial charge in [-0.2, -0.15) is 0 Å². The smallest absolute Gasteiger partial charge is 0.146 e. The van der Waals surface area contributed by atoms with Crippen molar-refractivity contribution < 1.29 is 9.53 Å². The molecule has 0 amide bonds. The van der Waals surface area contributed by atoms with Crippen LogP contribution in [0.5, 0.6) is 0 Å². The number of allylic oxidation sites excluding steroid dienone is 4. The van der Waals surface area contributed by atoms with E-state index in [0.29, 0.717) is 11.3 Å². The zero-order chi connectivity index (χ0) is 16.8. The summed E-state index contributed by atoms with van der Waals surface area (Å²) in [4.78, 5) is 11.4. The van der Waals surface area contributed by atoms with E-state index in [1.165, 1.54) is 24.8 Å². The minimum atomic E-state index is 0.00926.